The molecule has 0 amide bonds. The Kier molecular flexibility index (Phi) is 1.63. The van der Waals surface area contributed by atoms with Gasteiger partial charge in [0.15, 0.2) is 0 Å². The van der Waals surface area contributed by atoms with Gasteiger partial charge < -0.3 is 10.7 Å². The Morgan fingerprint density at radius 2 is 2.29 bits per heavy atom. The lowest BCUT2D eigenvalue weighted by molar-refractivity contribution is -0.382. The zero-order chi connectivity index (χ0) is 10.3. The first-order valence-electron chi connectivity index (χ1n) is 3.99. The van der Waals surface area contributed by atoms with Gasteiger partial charge in [-0.05, 0) is 19.1 Å². The first kappa shape index (κ1) is 8.49. The lowest BCUT2D eigenvalue weighted by Gasteiger charge is -1.96. The molecule has 1 aromatic carbocycles. The highest BCUT2D eigenvalue weighted by molar-refractivity contribution is 5.90. The van der Waals surface area contributed by atoms with Crippen LogP contribution < -0.4 is 5.73 Å². The Hall–Kier alpha value is -2.11. The van der Waals surface area contributed by atoms with Gasteiger partial charge in [0, 0.05) is 0 Å². The summed E-state index contributed by atoms with van der Waals surface area (Å²) in [7, 11) is 0. The summed E-state index contributed by atoms with van der Waals surface area (Å²) in [6.07, 6.45) is 0. The summed E-state index contributed by atoms with van der Waals surface area (Å²) in [5.74, 6) is 0.633. The predicted molar refractivity (Wildman–Crippen MR) is 51.9 cm³/mol. The number of rotatable bonds is 1. The van der Waals surface area contributed by atoms with E-state index in [0.29, 0.717) is 16.9 Å². The number of nitrogens with zero attached hydrogens (tertiary/aromatic N) is 2. The third-order valence-corrected chi connectivity index (χ3v) is 1.96. The number of nitro groups is 1. The Balaban J connectivity index is 2.88. The summed E-state index contributed by atoms with van der Waals surface area (Å²) in [4.78, 5) is 17.1. The number of nitrogens with one attached hydrogen (secondary N) is 1. The number of benzene rings is 1. The fourth-order valence-corrected chi connectivity index (χ4v) is 1.40. The van der Waals surface area contributed by atoms with Crippen LogP contribution in [0.2, 0.25) is 0 Å². The maximum absolute atomic E-state index is 10.7. The highest BCUT2D eigenvalue weighted by Crippen LogP contribution is 2.29. The highest BCUT2D eigenvalue weighted by atomic mass is 16.6. The second kappa shape index (κ2) is 2.69. The summed E-state index contributed by atoms with van der Waals surface area (Å²) < 4.78 is 0. The molecule has 2 aromatic rings. The molecule has 0 aliphatic heterocycles. The van der Waals surface area contributed by atoms with Crippen LogP contribution in [0.25, 0.3) is 11.0 Å². The molecule has 0 saturated heterocycles. The number of aromatic nitrogens is 2. The number of fused-ring (bicyclic) bond motifs is 1. The molecule has 6 heteroatoms. The fraction of sp³-hybridized carbons (Fsp3) is 0.125. The largest absolute Gasteiger partial charge is 0.393 e. The van der Waals surface area contributed by atoms with Gasteiger partial charge in [0.2, 0.25) is 0 Å². The summed E-state index contributed by atoms with van der Waals surface area (Å²) in [5, 5.41) is 10.7. The molecule has 2 rings (SSSR count). The van der Waals surface area contributed by atoms with Gasteiger partial charge in [-0.2, -0.15) is 0 Å². The number of nitrogen functional groups attached to an aromatic ring is 1. The predicted octanol–water partition coefficient (Wildman–Crippen LogP) is 1.36. The van der Waals surface area contributed by atoms with Gasteiger partial charge in [-0.15, -0.1) is 0 Å². The van der Waals surface area contributed by atoms with Crippen molar-refractivity contribution in [3.63, 3.8) is 0 Å². The summed E-state index contributed by atoms with van der Waals surface area (Å²) >= 11 is 0. The number of nitrogens with two attached hydrogens (primary N) is 1. The van der Waals surface area contributed by atoms with Crippen molar-refractivity contribution in [2.75, 3.05) is 5.73 Å². The molecule has 1 aromatic heterocycles. The van der Waals surface area contributed by atoms with Crippen molar-refractivity contribution < 1.29 is 4.92 Å². The molecule has 0 atom stereocenters. The minimum atomic E-state index is -0.505. The molecule has 6 nitrogen and oxygen atoms in total. The number of hydrogen-bond acceptors (Lipinski definition) is 4. The van der Waals surface area contributed by atoms with E-state index in [-0.39, 0.29) is 11.4 Å². The highest BCUT2D eigenvalue weighted by Gasteiger charge is 2.18. The van der Waals surface area contributed by atoms with Crippen LogP contribution in [0.15, 0.2) is 12.1 Å². The second-order valence-electron chi connectivity index (χ2n) is 2.98. The molecule has 3 N–H and O–H groups in total. The van der Waals surface area contributed by atoms with Crippen LogP contribution in [-0.4, -0.2) is 14.9 Å². The molecule has 72 valence electrons. The van der Waals surface area contributed by atoms with Crippen LogP contribution in [0.1, 0.15) is 5.82 Å². The fourth-order valence-electron chi connectivity index (χ4n) is 1.40. The first-order chi connectivity index (χ1) is 6.59. The lowest BCUT2D eigenvalue weighted by Crippen LogP contribution is -1.96. The van der Waals surface area contributed by atoms with Crippen molar-refractivity contribution in [1.82, 2.24) is 9.97 Å². The average molecular weight is 192 g/mol. The molecular weight excluding hydrogens is 184 g/mol. The molecule has 0 spiro atoms. The minimum absolute atomic E-state index is 0.108. The van der Waals surface area contributed by atoms with E-state index < -0.39 is 4.92 Å². The number of anilines is 1. The molecule has 0 saturated carbocycles. The molecule has 0 radical (unpaired) electrons. The molecule has 1 heterocycles. The number of imidazole rings is 1. The van der Waals surface area contributed by atoms with Crippen molar-refractivity contribution in [2.45, 2.75) is 6.92 Å². The van der Waals surface area contributed by atoms with Gasteiger partial charge in [0.25, 0.3) is 0 Å². The monoisotopic (exact) mass is 192 g/mol. The van der Waals surface area contributed by atoms with Crippen molar-refractivity contribution in [3.8, 4) is 0 Å². The van der Waals surface area contributed by atoms with Crippen LogP contribution in [0.3, 0.4) is 0 Å². The quantitative estimate of drug-likeness (QED) is 0.405. The molecule has 0 aliphatic carbocycles. The van der Waals surface area contributed by atoms with Crippen molar-refractivity contribution >= 4 is 22.4 Å². The SMILES string of the molecule is Cc1nc2ccc(N)c([N+](=O)[O-])c2[nH]1. The van der Waals surface area contributed by atoms with Gasteiger partial charge in [-0.25, -0.2) is 4.98 Å². The van der Waals surface area contributed by atoms with Crippen LogP contribution in [0, 0.1) is 17.0 Å². The van der Waals surface area contributed by atoms with Crippen LogP contribution in [0.4, 0.5) is 11.4 Å². The molecular formula is C8H8N4O2. The first-order valence-corrected chi connectivity index (χ1v) is 3.99. The van der Waals surface area contributed by atoms with Gasteiger partial charge in [-0.1, -0.05) is 0 Å². The molecule has 0 aliphatic rings. The zero-order valence-corrected chi connectivity index (χ0v) is 7.44. The summed E-state index contributed by atoms with van der Waals surface area (Å²) in [6.45, 7) is 1.74. The second-order valence-corrected chi connectivity index (χ2v) is 2.98. The van der Waals surface area contributed by atoms with Crippen molar-refractivity contribution in [2.24, 2.45) is 0 Å². The van der Waals surface area contributed by atoms with E-state index in [9.17, 15) is 10.1 Å². The number of aryl methyl sites for hydroxylation is 1. The Morgan fingerprint density at radius 3 is 2.93 bits per heavy atom. The molecule has 0 bridgehead atoms. The van der Waals surface area contributed by atoms with Crippen LogP contribution in [0.5, 0.6) is 0 Å². The van der Waals surface area contributed by atoms with Gasteiger partial charge in [0.05, 0.1) is 10.4 Å². The van der Waals surface area contributed by atoms with E-state index in [1.807, 2.05) is 0 Å². The average Bonchev–Trinajstić information content (AvgIpc) is 2.43. The van der Waals surface area contributed by atoms with Crippen LogP contribution in [-0.2, 0) is 0 Å². The van der Waals surface area contributed by atoms with Crippen LogP contribution >= 0.6 is 0 Å². The molecule has 0 unspecified atom stereocenters. The van der Waals surface area contributed by atoms with E-state index in [1.165, 1.54) is 6.07 Å². The molecule has 14 heavy (non-hydrogen) atoms. The Bertz CT molecular complexity index is 517. The van der Waals surface area contributed by atoms with E-state index in [0.717, 1.165) is 0 Å². The topological polar surface area (TPSA) is 97.8 Å². The van der Waals surface area contributed by atoms with Gasteiger partial charge in [-0.3, -0.25) is 10.1 Å². The summed E-state index contributed by atoms with van der Waals surface area (Å²) in [5.41, 5.74) is 6.48. The maximum atomic E-state index is 10.7. The number of H-pyrrole nitrogens is 1. The van der Waals surface area contributed by atoms with E-state index in [4.69, 9.17) is 5.73 Å². The van der Waals surface area contributed by atoms with Gasteiger partial charge in [0.1, 0.15) is 17.0 Å². The Morgan fingerprint density at radius 1 is 1.57 bits per heavy atom. The molecule has 0 fully saturated rings. The zero-order valence-electron chi connectivity index (χ0n) is 7.44. The third kappa shape index (κ3) is 1.08. The van der Waals surface area contributed by atoms with Crippen molar-refractivity contribution in [1.29, 1.82) is 0 Å². The standard InChI is InChI=1S/C8H8N4O2/c1-4-10-6-3-2-5(9)8(12(13)14)7(6)11-4/h2-3H,9H2,1H3,(H,10,11). The van der Waals surface area contributed by atoms with E-state index in [1.54, 1.807) is 13.0 Å². The Labute approximate surface area is 78.9 Å². The third-order valence-electron chi connectivity index (χ3n) is 1.96. The maximum Gasteiger partial charge on any atom is 0.317 e. The van der Waals surface area contributed by atoms with E-state index >= 15 is 0 Å². The smallest absolute Gasteiger partial charge is 0.317 e. The summed E-state index contributed by atoms with van der Waals surface area (Å²) in [6, 6.07) is 3.14. The van der Waals surface area contributed by atoms with Gasteiger partial charge >= 0.3 is 5.69 Å². The van der Waals surface area contributed by atoms with E-state index in [2.05, 4.69) is 9.97 Å². The van der Waals surface area contributed by atoms with Crippen molar-refractivity contribution in [3.05, 3.63) is 28.1 Å². The lowest BCUT2D eigenvalue weighted by atomic mass is 10.2. The normalized spacial score (nSPS) is 10.6. The minimum Gasteiger partial charge on any atom is -0.393 e. The number of aromatic amines is 1. The number of nitro benzene ring substituents is 1. The number of hydrogen-bond donors (Lipinski definition) is 2.